The van der Waals surface area contributed by atoms with Crippen LogP contribution in [0.3, 0.4) is 0 Å². The summed E-state index contributed by atoms with van der Waals surface area (Å²) in [6, 6.07) is 1.86. The molecule has 0 amide bonds. The molecular weight excluding hydrogens is 192 g/mol. The van der Waals surface area contributed by atoms with Crippen LogP contribution in [-0.2, 0) is 13.0 Å². The van der Waals surface area contributed by atoms with Gasteiger partial charge in [0.15, 0.2) is 0 Å². The van der Waals surface area contributed by atoms with Crippen LogP contribution in [0.2, 0.25) is 0 Å². The fraction of sp³-hybridized carbons (Fsp3) is 0.364. The first-order chi connectivity index (χ1) is 7.31. The zero-order valence-electron chi connectivity index (χ0n) is 8.63. The average molecular weight is 206 g/mol. The Labute approximate surface area is 88.2 Å². The van der Waals surface area contributed by atoms with Gasteiger partial charge in [-0.15, -0.1) is 0 Å². The van der Waals surface area contributed by atoms with Crippen LogP contribution in [0, 0.1) is 0 Å². The lowest BCUT2D eigenvalue weighted by Crippen LogP contribution is -2.07. The smallest absolute Gasteiger partial charge is 0.0997 e. The minimum absolute atomic E-state index is 0.523. The summed E-state index contributed by atoms with van der Waals surface area (Å²) in [6.07, 6.45) is 6.73. The lowest BCUT2D eigenvalue weighted by molar-refractivity contribution is 0.168. The number of hydrogen-bond acceptors (Lipinski definition) is 3. The third-order valence-corrected chi connectivity index (χ3v) is 2.44. The van der Waals surface area contributed by atoms with Crippen LogP contribution in [-0.4, -0.2) is 14.7 Å². The number of furan rings is 1. The van der Waals surface area contributed by atoms with Gasteiger partial charge < -0.3 is 14.1 Å². The molecule has 15 heavy (non-hydrogen) atoms. The minimum atomic E-state index is -0.523. The maximum Gasteiger partial charge on any atom is 0.0997 e. The first-order valence-electron chi connectivity index (χ1n) is 5.00. The summed E-state index contributed by atoms with van der Waals surface area (Å²) in [7, 11) is 0. The third kappa shape index (κ3) is 2.10. The third-order valence-electron chi connectivity index (χ3n) is 2.44. The maximum atomic E-state index is 9.99. The van der Waals surface area contributed by atoms with Gasteiger partial charge in [0.25, 0.3) is 0 Å². The number of aliphatic hydroxyl groups excluding tert-OH is 1. The maximum absolute atomic E-state index is 9.99. The van der Waals surface area contributed by atoms with Gasteiger partial charge in [-0.1, -0.05) is 0 Å². The molecule has 0 bridgehead atoms. The average Bonchev–Trinajstić information content (AvgIpc) is 2.86. The number of aryl methyl sites for hydroxylation is 1. The zero-order valence-corrected chi connectivity index (χ0v) is 8.63. The summed E-state index contributed by atoms with van der Waals surface area (Å²) in [4.78, 5) is 4.02. The van der Waals surface area contributed by atoms with Gasteiger partial charge in [-0.25, -0.2) is 4.98 Å². The molecule has 0 aliphatic rings. The molecule has 0 saturated carbocycles. The molecule has 0 aromatic carbocycles. The first-order valence-corrected chi connectivity index (χ1v) is 5.00. The van der Waals surface area contributed by atoms with Gasteiger partial charge >= 0.3 is 0 Å². The molecule has 0 fully saturated rings. The Bertz CT molecular complexity index is 406. The summed E-state index contributed by atoms with van der Waals surface area (Å²) < 4.78 is 6.89. The minimum Gasteiger partial charge on any atom is -0.472 e. The summed E-state index contributed by atoms with van der Waals surface area (Å²) in [5.74, 6) is 0. The van der Waals surface area contributed by atoms with Crippen LogP contribution in [0.1, 0.15) is 24.3 Å². The van der Waals surface area contributed by atoms with Crippen molar-refractivity contribution in [3.8, 4) is 0 Å². The van der Waals surface area contributed by atoms with Crippen LogP contribution in [0.25, 0.3) is 0 Å². The highest BCUT2D eigenvalue weighted by Crippen LogP contribution is 2.18. The van der Waals surface area contributed by atoms with Crippen molar-refractivity contribution in [2.75, 3.05) is 0 Å². The van der Waals surface area contributed by atoms with Crippen molar-refractivity contribution in [2.45, 2.75) is 26.0 Å². The Morgan fingerprint density at radius 1 is 1.60 bits per heavy atom. The van der Waals surface area contributed by atoms with Crippen molar-refractivity contribution >= 4 is 0 Å². The van der Waals surface area contributed by atoms with Gasteiger partial charge in [0.1, 0.15) is 0 Å². The van der Waals surface area contributed by atoms with E-state index in [0.717, 1.165) is 17.8 Å². The van der Waals surface area contributed by atoms with E-state index in [0.29, 0.717) is 6.42 Å². The SMILES string of the molecule is CCn1cncc1C(O)Cc1ccoc1. The van der Waals surface area contributed by atoms with Crippen LogP contribution in [0.4, 0.5) is 0 Å². The lowest BCUT2D eigenvalue weighted by atomic mass is 10.1. The second-order valence-corrected chi connectivity index (χ2v) is 3.46. The van der Waals surface area contributed by atoms with Crippen molar-refractivity contribution in [1.29, 1.82) is 0 Å². The molecule has 0 aliphatic carbocycles. The number of aromatic nitrogens is 2. The van der Waals surface area contributed by atoms with E-state index in [2.05, 4.69) is 4.98 Å². The molecule has 0 aliphatic heterocycles. The highest BCUT2D eigenvalue weighted by Gasteiger charge is 2.13. The quantitative estimate of drug-likeness (QED) is 0.829. The molecule has 0 saturated heterocycles. The summed E-state index contributed by atoms with van der Waals surface area (Å²) in [5, 5.41) is 9.99. The Morgan fingerprint density at radius 3 is 3.13 bits per heavy atom. The van der Waals surface area contributed by atoms with Crippen molar-refractivity contribution in [2.24, 2.45) is 0 Å². The predicted octanol–water partition coefficient (Wildman–Crippen LogP) is 1.77. The van der Waals surface area contributed by atoms with E-state index >= 15 is 0 Å². The Balaban J connectivity index is 2.11. The van der Waals surface area contributed by atoms with Crippen molar-refractivity contribution in [3.05, 3.63) is 42.4 Å². The second kappa shape index (κ2) is 4.31. The monoisotopic (exact) mass is 206 g/mol. The van der Waals surface area contributed by atoms with Gasteiger partial charge in [0, 0.05) is 13.0 Å². The van der Waals surface area contributed by atoms with Crippen LogP contribution < -0.4 is 0 Å². The van der Waals surface area contributed by atoms with E-state index in [1.807, 2.05) is 17.6 Å². The van der Waals surface area contributed by atoms with E-state index in [9.17, 15) is 5.11 Å². The normalized spacial score (nSPS) is 12.9. The Hall–Kier alpha value is -1.55. The summed E-state index contributed by atoms with van der Waals surface area (Å²) in [6.45, 7) is 2.84. The van der Waals surface area contributed by atoms with Crippen molar-refractivity contribution < 1.29 is 9.52 Å². The molecule has 2 aromatic rings. The van der Waals surface area contributed by atoms with Crippen molar-refractivity contribution in [3.63, 3.8) is 0 Å². The van der Waals surface area contributed by atoms with Gasteiger partial charge in [-0.2, -0.15) is 0 Å². The molecule has 4 nitrogen and oxygen atoms in total. The fourth-order valence-electron chi connectivity index (χ4n) is 1.61. The Morgan fingerprint density at radius 2 is 2.47 bits per heavy atom. The second-order valence-electron chi connectivity index (χ2n) is 3.46. The molecule has 2 rings (SSSR count). The molecule has 1 atom stereocenters. The summed E-state index contributed by atoms with van der Waals surface area (Å²) in [5.41, 5.74) is 1.84. The molecule has 0 radical (unpaired) electrons. The fourth-order valence-corrected chi connectivity index (χ4v) is 1.61. The highest BCUT2D eigenvalue weighted by atomic mass is 16.3. The topological polar surface area (TPSA) is 51.2 Å². The van der Waals surface area contributed by atoms with E-state index in [4.69, 9.17) is 4.42 Å². The zero-order chi connectivity index (χ0) is 10.7. The molecule has 1 unspecified atom stereocenters. The largest absolute Gasteiger partial charge is 0.472 e. The summed E-state index contributed by atoms with van der Waals surface area (Å²) >= 11 is 0. The molecule has 80 valence electrons. The predicted molar refractivity (Wildman–Crippen MR) is 55.3 cm³/mol. The molecule has 0 spiro atoms. The van der Waals surface area contributed by atoms with E-state index < -0.39 is 6.10 Å². The molecular formula is C11H14N2O2. The first kappa shape index (κ1) is 9.98. The Kier molecular flexibility index (Phi) is 2.87. The van der Waals surface area contributed by atoms with Gasteiger partial charge in [0.05, 0.1) is 36.8 Å². The lowest BCUT2D eigenvalue weighted by Gasteiger charge is -2.11. The van der Waals surface area contributed by atoms with E-state index in [-0.39, 0.29) is 0 Å². The van der Waals surface area contributed by atoms with Crippen molar-refractivity contribution in [1.82, 2.24) is 9.55 Å². The number of nitrogens with zero attached hydrogens (tertiary/aromatic N) is 2. The van der Waals surface area contributed by atoms with Gasteiger partial charge in [-0.05, 0) is 18.6 Å². The number of aliphatic hydroxyl groups is 1. The van der Waals surface area contributed by atoms with Crippen LogP contribution >= 0.6 is 0 Å². The molecule has 1 N–H and O–H groups in total. The molecule has 2 heterocycles. The standard InChI is InChI=1S/C11H14N2O2/c1-2-13-8-12-6-10(13)11(14)5-9-3-4-15-7-9/h3-4,6-8,11,14H,2,5H2,1H3. The molecule has 4 heteroatoms. The number of hydrogen-bond donors (Lipinski definition) is 1. The van der Waals surface area contributed by atoms with E-state index in [1.54, 1.807) is 25.1 Å². The van der Waals surface area contributed by atoms with Crippen LogP contribution in [0.15, 0.2) is 35.5 Å². The van der Waals surface area contributed by atoms with E-state index in [1.165, 1.54) is 0 Å². The van der Waals surface area contributed by atoms with Crippen LogP contribution in [0.5, 0.6) is 0 Å². The highest BCUT2D eigenvalue weighted by molar-refractivity contribution is 5.12. The number of rotatable bonds is 4. The van der Waals surface area contributed by atoms with Gasteiger partial charge in [0.2, 0.25) is 0 Å². The molecule has 2 aromatic heterocycles. The number of imidazole rings is 1. The van der Waals surface area contributed by atoms with Gasteiger partial charge in [-0.3, -0.25) is 0 Å².